The molecule has 0 atom stereocenters. The Kier molecular flexibility index (Phi) is 2.94. The van der Waals surface area contributed by atoms with Gasteiger partial charge in [-0.2, -0.15) is 0 Å². The van der Waals surface area contributed by atoms with Crippen LogP contribution in [-0.4, -0.2) is 42.1 Å². The molecule has 0 bridgehead atoms. The van der Waals surface area contributed by atoms with Crippen LogP contribution in [0.25, 0.3) is 5.82 Å². The fourth-order valence-electron chi connectivity index (χ4n) is 1.21. The van der Waals surface area contributed by atoms with Gasteiger partial charge >= 0.3 is 11.9 Å². The number of carboxylic acids is 2. The lowest BCUT2D eigenvalue weighted by Crippen LogP contribution is -2.07. The minimum absolute atomic E-state index is 0.0502. The molecule has 2 aromatic heterocycles. The first-order valence-corrected chi connectivity index (χ1v) is 4.93. The standard InChI is InChI=1S/C9H5ClN4O4/c10-4-2-1-3-11-7(4)14-12-5(8(15)16)6(13-14)9(17)18/h1-3H,(H,15,16)(H,17,18). The zero-order chi connectivity index (χ0) is 13.3. The summed E-state index contributed by atoms with van der Waals surface area (Å²) in [5, 5.41) is 24.9. The Morgan fingerprint density at radius 1 is 1.17 bits per heavy atom. The summed E-state index contributed by atoms with van der Waals surface area (Å²) in [6.45, 7) is 0. The molecule has 9 heteroatoms. The number of rotatable bonds is 3. The molecule has 2 aromatic rings. The first-order valence-electron chi connectivity index (χ1n) is 4.55. The Hall–Kier alpha value is -2.48. The lowest BCUT2D eigenvalue weighted by atomic mass is 10.3. The smallest absolute Gasteiger partial charge is 0.359 e. The van der Waals surface area contributed by atoms with Crippen molar-refractivity contribution in [1.29, 1.82) is 0 Å². The molecule has 0 aliphatic rings. The average molecular weight is 269 g/mol. The minimum atomic E-state index is -1.49. The Labute approximate surface area is 104 Å². The topological polar surface area (TPSA) is 118 Å². The fraction of sp³-hybridized carbons (Fsp3) is 0. The summed E-state index contributed by atoms with van der Waals surface area (Å²) in [7, 11) is 0. The van der Waals surface area contributed by atoms with Gasteiger partial charge in [0.25, 0.3) is 0 Å². The van der Waals surface area contributed by atoms with Gasteiger partial charge in [0, 0.05) is 6.20 Å². The molecule has 0 saturated carbocycles. The van der Waals surface area contributed by atoms with Crippen LogP contribution >= 0.6 is 11.6 Å². The van der Waals surface area contributed by atoms with Crippen LogP contribution in [0.4, 0.5) is 0 Å². The number of halogens is 1. The van der Waals surface area contributed by atoms with Gasteiger partial charge < -0.3 is 10.2 Å². The van der Waals surface area contributed by atoms with E-state index < -0.39 is 23.3 Å². The molecule has 2 rings (SSSR count). The molecule has 0 amide bonds. The van der Waals surface area contributed by atoms with Crippen molar-refractivity contribution in [3.05, 3.63) is 34.7 Å². The summed E-state index contributed by atoms with van der Waals surface area (Å²) in [6.07, 6.45) is 1.39. The molecule has 0 aliphatic heterocycles. The third kappa shape index (κ3) is 2.00. The molecule has 2 N–H and O–H groups in total. The van der Waals surface area contributed by atoms with Crippen LogP contribution in [0, 0.1) is 0 Å². The quantitative estimate of drug-likeness (QED) is 0.841. The second kappa shape index (κ2) is 4.41. The Bertz CT molecular complexity index is 608. The largest absolute Gasteiger partial charge is 0.476 e. The molecule has 0 spiro atoms. The van der Waals surface area contributed by atoms with Crippen LogP contribution in [-0.2, 0) is 0 Å². The second-order valence-electron chi connectivity index (χ2n) is 3.11. The maximum absolute atomic E-state index is 10.8. The van der Waals surface area contributed by atoms with Crippen molar-refractivity contribution in [3.63, 3.8) is 0 Å². The van der Waals surface area contributed by atoms with Crippen molar-refractivity contribution in [2.24, 2.45) is 0 Å². The number of aromatic carboxylic acids is 2. The average Bonchev–Trinajstić information content (AvgIpc) is 2.74. The third-order valence-corrected chi connectivity index (χ3v) is 2.24. The van der Waals surface area contributed by atoms with E-state index in [1.807, 2.05) is 0 Å². The SMILES string of the molecule is O=C(O)c1nn(-c2ncccc2Cl)nc1C(=O)O. The number of carbonyl (C=O) groups is 2. The van der Waals surface area contributed by atoms with Gasteiger partial charge in [0.1, 0.15) is 0 Å². The predicted molar refractivity (Wildman–Crippen MR) is 58.1 cm³/mol. The van der Waals surface area contributed by atoms with E-state index in [1.54, 1.807) is 6.07 Å². The second-order valence-corrected chi connectivity index (χ2v) is 3.51. The molecular weight excluding hydrogens is 264 g/mol. The first kappa shape index (κ1) is 12.0. The summed E-state index contributed by atoms with van der Waals surface area (Å²) in [5.74, 6) is -2.94. The number of aromatic nitrogens is 4. The van der Waals surface area contributed by atoms with Gasteiger partial charge in [0.05, 0.1) is 5.02 Å². The zero-order valence-electron chi connectivity index (χ0n) is 8.61. The molecule has 0 saturated heterocycles. The number of nitrogens with zero attached hydrogens (tertiary/aromatic N) is 4. The fourth-order valence-corrected chi connectivity index (χ4v) is 1.41. The van der Waals surface area contributed by atoms with E-state index in [0.717, 1.165) is 4.80 Å². The molecule has 0 unspecified atom stereocenters. The molecule has 8 nitrogen and oxygen atoms in total. The molecular formula is C9H5ClN4O4. The maximum Gasteiger partial charge on any atom is 0.359 e. The highest BCUT2D eigenvalue weighted by molar-refractivity contribution is 6.32. The van der Waals surface area contributed by atoms with Crippen molar-refractivity contribution in [3.8, 4) is 5.82 Å². The molecule has 0 aliphatic carbocycles. The Balaban J connectivity index is 2.61. The highest BCUT2D eigenvalue weighted by Crippen LogP contribution is 2.16. The lowest BCUT2D eigenvalue weighted by molar-refractivity contribution is 0.0644. The van der Waals surface area contributed by atoms with Crippen LogP contribution < -0.4 is 0 Å². The van der Waals surface area contributed by atoms with Crippen LogP contribution in [0.1, 0.15) is 21.0 Å². The third-order valence-electron chi connectivity index (χ3n) is 1.95. The molecule has 92 valence electrons. The van der Waals surface area contributed by atoms with Gasteiger partial charge in [-0.05, 0) is 12.1 Å². The molecule has 2 heterocycles. The van der Waals surface area contributed by atoms with Crippen LogP contribution in [0.5, 0.6) is 0 Å². The van der Waals surface area contributed by atoms with E-state index in [0.29, 0.717) is 0 Å². The summed E-state index contributed by atoms with van der Waals surface area (Å²) in [4.78, 5) is 26.3. The first-order chi connectivity index (χ1) is 8.50. The minimum Gasteiger partial charge on any atom is -0.476 e. The number of hydrogen-bond donors (Lipinski definition) is 2. The van der Waals surface area contributed by atoms with E-state index in [1.165, 1.54) is 12.3 Å². The number of carboxylic acid groups (broad SMARTS) is 2. The normalized spacial score (nSPS) is 10.3. The molecule has 18 heavy (non-hydrogen) atoms. The highest BCUT2D eigenvalue weighted by Gasteiger charge is 2.24. The van der Waals surface area contributed by atoms with Crippen molar-refractivity contribution in [1.82, 2.24) is 20.0 Å². The molecule has 0 radical (unpaired) electrons. The van der Waals surface area contributed by atoms with Crippen molar-refractivity contribution >= 4 is 23.5 Å². The van der Waals surface area contributed by atoms with Crippen molar-refractivity contribution in [2.75, 3.05) is 0 Å². The van der Waals surface area contributed by atoms with Crippen LogP contribution in [0.15, 0.2) is 18.3 Å². The monoisotopic (exact) mass is 268 g/mol. The summed E-state index contributed by atoms with van der Waals surface area (Å²) in [6, 6.07) is 3.06. The molecule has 0 fully saturated rings. The van der Waals surface area contributed by atoms with Gasteiger partial charge in [-0.3, -0.25) is 0 Å². The maximum atomic E-state index is 10.8. The van der Waals surface area contributed by atoms with E-state index in [9.17, 15) is 9.59 Å². The van der Waals surface area contributed by atoms with Gasteiger partial charge in [-0.15, -0.1) is 15.0 Å². The predicted octanol–water partition coefficient (Wildman–Crippen LogP) is 0.712. The van der Waals surface area contributed by atoms with E-state index in [2.05, 4.69) is 15.2 Å². The van der Waals surface area contributed by atoms with Crippen molar-refractivity contribution in [2.45, 2.75) is 0 Å². The molecule has 0 aromatic carbocycles. The summed E-state index contributed by atoms with van der Waals surface area (Å²) in [5.41, 5.74) is -1.35. The lowest BCUT2D eigenvalue weighted by Gasteiger charge is -1.99. The van der Waals surface area contributed by atoms with E-state index in [4.69, 9.17) is 21.8 Å². The van der Waals surface area contributed by atoms with Gasteiger partial charge in [0.2, 0.25) is 11.4 Å². The number of hydrogen-bond acceptors (Lipinski definition) is 5. The summed E-state index contributed by atoms with van der Waals surface area (Å²) >= 11 is 5.82. The van der Waals surface area contributed by atoms with Crippen LogP contribution in [0.2, 0.25) is 5.02 Å². The van der Waals surface area contributed by atoms with Crippen molar-refractivity contribution < 1.29 is 19.8 Å². The zero-order valence-corrected chi connectivity index (χ0v) is 9.37. The number of pyridine rings is 1. The van der Waals surface area contributed by atoms with Gasteiger partial charge in [0.15, 0.2) is 5.82 Å². The highest BCUT2D eigenvalue weighted by atomic mass is 35.5. The Morgan fingerprint density at radius 3 is 2.17 bits per heavy atom. The van der Waals surface area contributed by atoms with E-state index in [-0.39, 0.29) is 10.8 Å². The Morgan fingerprint density at radius 2 is 1.72 bits per heavy atom. The van der Waals surface area contributed by atoms with Gasteiger partial charge in [-0.1, -0.05) is 11.6 Å². The van der Waals surface area contributed by atoms with Gasteiger partial charge in [-0.25, -0.2) is 14.6 Å². The van der Waals surface area contributed by atoms with Crippen LogP contribution in [0.3, 0.4) is 0 Å². The van der Waals surface area contributed by atoms with E-state index >= 15 is 0 Å². The summed E-state index contributed by atoms with van der Waals surface area (Å²) < 4.78 is 0.